The Labute approximate surface area is 107 Å². The summed E-state index contributed by atoms with van der Waals surface area (Å²) in [6, 6.07) is -0.298. The van der Waals surface area contributed by atoms with E-state index in [2.05, 4.69) is 10.6 Å². The van der Waals surface area contributed by atoms with E-state index in [-0.39, 0.29) is 12.6 Å². The Morgan fingerprint density at radius 3 is 2.35 bits per heavy atom. The quantitative estimate of drug-likeness (QED) is 0.620. The predicted molar refractivity (Wildman–Crippen MR) is 70.4 cm³/mol. The third-order valence-electron chi connectivity index (χ3n) is 2.45. The van der Waals surface area contributed by atoms with E-state index in [1.54, 1.807) is 11.8 Å². The molecule has 0 spiro atoms. The maximum Gasteiger partial charge on any atom is 0.314 e. The van der Waals surface area contributed by atoms with Crippen LogP contribution in [0.3, 0.4) is 0 Å². The minimum absolute atomic E-state index is 0.183. The van der Waals surface area contributed by atoms with Crippen molar-refractivity contribution in [2.45, 2.75) is 31.9 Å². The van der Waals surface area contributed by atoms with Gasteiger partial charge in [-0.25, -0.2) is 4.79 Å². The minimum atomic E-state index is -0.857. The summed E-state index contributed by atoms with van der Waals surface area (Å²) in [4.78, 5) is 22.2. The molecule has 6 heteroatoms. The third-order valence-corrected chi connectivity index (χ3v) is 3.42. The van der Waals surface area contributed by atoms with Gasteiger partial charge in [0, 0.05) is 18.3 Å². The Balaban J connectivity index is 3.84. The molecule has 0 saturated heterocycles. The largest absolute Gasteiger partial charge is 0.481 e. The first-order chi connectivity index (χ1) is 8.01. The number of carboxylic acids is 1. The maximum absolute atomic E-state index is 11.4. The first-order valence-electron chi connectivity index (χ1n) is 5.78. The molecule has 0 radical (unpaired) electrons. The Morgan fingerprint density at radius 1 is 1.29 bits per heavy atom. The van der Waals surface area contributed by atoms with Crippen molar-refractivity contribution < 1.29 is 14.7 Å². The number of hydrogen-bond acceptors (Lipinski definition) is 3. The van der Waals surface area contributed by atoms with Crippen LogP contribution in [0.1, 0.15) is 26.7 Å². The van der Waals surface area contributed by atoms with Gasteiger partial charge in [0.25, 0.3) is 0 Å². The second-order valence-corrected chi connectivity index (χ2v) is 5.24. The van der Waals surface area contributed by atoms with E-state index in [4.69, 9.17) is 5.11 Å². The van der Waals surface area contributed by atoms with E-state index < -0.39 is 11.9 Å². The Morgan fingerprint density at radius 2 is 1.88 bits per heavy atom. The fourth-order valence-electron chi connectivity index (χ4n) is 1.26. The van der Waals surface area contributed by atoms with Crippen molar-refractivity contribution in [1.82, 2.24) is 10.6 Å². The molecule has 2 atom stereocenters. The predicted octanol–water partition coefficient (Wildman–Crippen LogP) is 1.54. The number of hydrogen-bond donors (Lipinski definition) is 3. The molecule has 0 aliphatic heterocycles. The molecular formula is C11H22N2O3S. The smallest absolute Gasteiger partial charge is 0.314 e. The van der Waals surface area contributed by atoms with Crippen LogP contribution < -0.4 is 10.6 Å². The first kappa shape index (κ1) is 16.1. The minimum Gasteiger partial charge on any atom is -0.481 e. The molecule has 0 bridgehead atoms. The van der Waals surface area contributed by atoms with Crippen LogP contribution in [-0.4, -0.2) is 41.7 Å². The number of urea groups is 1. The fourth-order valence-corrected chi connectivity index (χ4v) is 1.51. The summed E-state index contributed by atoms with van der Waals surface area (Å²) in [6.07, 6.45) is 3.35. The van der Waals surface area contributed by atoms with Gasteiger partial charge in [0.05, 0.1) is 5.92 Å². The Kier molecular flexibility index (Phi) is 8.66. The van der Waals surface area contributed by atoms with E-state index in [9.17, 15) is 9.59 Å². The van der Waals surface area contributed by atoms with Gasteiger partial charge < -0.3 is 15.7 Å². The lowest BCUT2D eigenvalue weighted by atomic mass is 10.0. The van der Waals surface area contributed by atoms with Crippen LogP contribution in [0, 0.1) is 5.92 Å². The summed E-state index contributed by atoms with van der Waals surface area (Å²) in [6.45, 7) is 4.71. The van der Waals surface area contributed by atoms with E-state index in [0.717, 1.165) is 6.42 Å². The summed E-state index contributed by atoms with van der Waals surface area (Å²) in [5.74, 6) is -1.35. The standard InChI is InChI=1S/C11H22N2O3S/c1-4-5-9(10(14)15)7-13-11(16)12-6-8(2)17-3/h8-9H,4-7H2,1-3H3,(H,14,15)(H2,12,13,16). The molecule has 0 aromatic carbocycles. The Hall–Kier alpha value is -0.910. The van der Waals surface area contributed by atoms with Gasteiger partial charge in [-0.2, -0.15) is 11.8 Å². The lowest BCUT2D eigenvalue weighted by Gasteiger charge is -2.14. The van der Waals surface area contributed by atoms with Crippen molar-refractivity contribution in [3.63, 3.8) is 0 Å². The van der Waals surface area contributed by atoms with Gasteiger partial charge in [-0.1, -0.05) is 20.3 Å². The number of aliphatic carboxylic acids is 1. The average molecular weight is 262 g/mol. The number of carboxylic acid groups (broad SMARTS) is 1. The lowest BCUT2D eigenvalue weighted by Crippen LogP contribution is -2.41. The van der Waals surface area contributed by atoms with E-state index in [1.807, 2.05) is 20.1 Å². The van der Waals surface area contributed by atoms with Crippen molar-refractivity contribution in [1.29, 1.82) is 0 Å². The molecule has 0 saturated carbocycles. The topological polar surface area (TPSA) is 78.4 Å². The van der Waals surface area contributed by atoms with Gasteiger partial charge >= 0.3 is 12.0 Å². The maximum atomic E-state index is 11.4. The number of amides is 2. The molecule has 0 fully saturated rings. The van der Waals surface area contributed by atoms with Gasteiger partial charge in [-0.05, 0) is 12.7 Å². The highest BCUT2D eigenvalue weighted by Crippen LogP contribution is 2.05. The highest BCUT2D eigenvalue weighted by atomic mass is 32.2. The molecule has 0 aromatic rings. The lowest BCUT2D eigenvalue weighted by molar-refractivity contribution is -0.141. The summed E-state index contributed by atoms with van der Waals surface area (Å²) in [7, 11) is 0. The number of nitrogens with one attached hydrogen (secondary N) is 2. The van der Waals surface area contributed by atoms with Crippen molar-refractivity contribution >= 4 is 23.8 Å². The molecule has 0 aromatic heterocycles. The fraction of sp³-hybridized carbons (Fsp3) is 0.818. The normalized spacial score (nSPS) is 13.8. The summed E-state index contributed by atoms with van der Waals surface area (Å²) in [5, 5.41) is 14.5. The van der Waals surface area contributed by atoms with Crippen LogP contribution in [0.2, 0.25) is 0 Å². The molecule has 0 heterocycles. The number of thioether (sulfide) groups is 1. The Bertz CT molecular complexity index is 249. The van der Waals surface area contributed by atoms with Crippen molar-refractivity contribution in [2.24, 2.45) is 5.92 Å². The highest BCUT2D eigenvalue weighted by Gasteiger charge is 2.17. The van der Waals surface area contributed by atoms with E-state index in [0.29, 0.717) is 18.2 Å². The molecule has 3 N–H and O–H groups in total. The van der Waals surface area contributed by atoms with Crippen LogP contribution in [0.25, 0.3) is 0 Å². The van der Waals surface area contributed by atoms with Gasteiger partial charge in [-0.3, -0.25) is 4.79 Å². The van der Waals surface area contributed by atoms with Crippen LogP contribution in [0.4, 0.5) is 4.79 Å². The SMILES string of the molecule is CCCC(CNC(=O)NCC(C)SC)C(=O)O. The zero-order valence-corrected chi connectivity index (χ0v) is 11.5. The second-order valence-electron chi connectivity index (χ2n) is 3.96. The summed E-state index contributed by atoms with van der Waals surface area (Å²) >= 11 is 1.67. The molecule has 2 amide bonds. The summed E-state index contributed by atoms with van der Waals surface area (Å²) < 4.78 is 0. The van der Waals surface area contributed by atoms with Crippen molar-refractivity contribution in [2.75, 3.05) is 19.3 Å². The first-order valence-corrected chi connectivity index (χ1v) is 7.07. The van der Waals surface area contributed by atoms with Crippen LogP contribution >= 0.6 is 11.8 Å². The van der Waals surface area contributed by atoms with Gasteiger partial charge in [0.2, 0.25) is 0 Å². The second kappa shape index (κ2) is 9.15. The highest BCUT2D eigenvalue weighted by molar-refractivity contribution is 7.99. The van der Waals surface area contributed by atoms with Gasteiger partial charge in [-0.15, -0.1) is 0 Å². The molecule has 17 heavy (non-hydrogen) atoms. The third kappa shape index (κ3) is 7.90. The molecule has 0 rings (SSSR count). The van der Waals surface area contributed by atoms with Crippen LogP contribution in [0.5, 0.6) is 0 Å². The molecular weight excluding hydrogens is 240 g/mol. The zero-order chi connectivity index (χ0) is 13.3. The van der Waals surface area contributed by atoms with Crippen LogP contribution in [-0.2, 0) is 4.79 Å². The molecule has 0 aliphatic rings. The number of carbonyl (C=O) groups is 2. The monoisotopic (exact) mass is 262 g/mol. The molecule has 100 valence electrons. The van der Waals surface area contributed by atoms with E-state index in [1.165, 1.54) is 0 Å². The van der Waals surface area contributed by atoms with Crippen molar-refractivity contribution in [3.05, 3.63) is 0 Å². The van der Waals surface area contributed by atoms with Crippen molar-refractivity contribution in [3.8, 4) is 0 Å². The molecule has 0 aliphatic carbocycles. The summed E-state index contributed by atoms with van der Waals surface area (Å²) in [5.41, 5.74) is 0. The number of rotatable bonds is 8. The van der Waals surface area contributed by atoms with Gasteiger partial charge in [0.15, 0.2) is 0 Å². The van der Waals surface area contributed by atoms with Crippen LogP contribution in [0.15, 0.2) is 0 Å². The molecule has 2 unspecified atom stereocenters. The van der Waals surface area contributed by atoms with Gasteiger partial charge in [0.1, 0.15) is 0 Å². The number of carbonyl (C=O) groups excluding carboxylic acids is 1. The average Bonchev–Trinajstić information content (AvgIpc) is 2.30. The zero-order valence-electron chi connectivity index (χ0n) is 10.7. The van der Waals surface area contributed by atoms with E-state index >= 15 is 0 Å². The molecule has 5 nitrogen and oxygen atoms in total.